The summed E-state index contributed by atoms with van der Waals surface area (Å²) in [4.78, 5) is 19.7. The van der Waals surface area contributed by atoms with Gasteiger partial charge in [-0.25, -0.2) is 4.98 Å². The zero-order valence-electron chi connectivity index (χ0n) is 16.4. The average Bonchev–Trinajstić information content (AvgIpc) is 3.19. The van der Waals surface area contributed by atoms with E-state index in [0.29, 0.717) is 17.1 Å². The van der Waals surface area contributed by atoms with Gasteiger partial charge in [-0.2, -0.15) is 0 Å². The van der Waals surface area contributed by atoms with Crippen molar-refractivity contribution >= 4 is 50.9 Å². The van der Waals surface area contributed by atoms with Crippen molar-refractivity contribution in [1.29, 1.82) is 0 Å². The topological polar surface area (TPSA) is 97.9 Å². The van der Waals surface area contributed by atoms with Gasteiger partial charge in [0, 0.05) is 35.2 Å². The predicted molar refractivity (Wildman–Crippen MR) is 124 cm³/mol. The van der Waals surface area contributed by atoms with Gasteiger partial charge in [-0.05, 0) is 36.4 Å². The number of ether oxygens (including phenoxy) is 1. The van der Waals surface area contributed by atoms with Gasteiger partial charge in [-0.1, -0.05) is 23.9 Å². The Morgan fingerprint density at radius 2 is 2.06 bits per heavy atom. The molecular formula is C22H17N3O4S2. The number of thiazole rings is 1. The van der Waals surface area contributed by atoms with Crippen LogP contribution in [-0.4, -0.2) is 28.3 Å². The highest BCUT2D eigenvalue weighted by Gasteiger charge is 2.13. The normalized spacial score (nSPS) is 11.3. The maximum atomic E-state index is 11.1. The second-order valence-corrected chi connectivity index (χ2v) is 8.74. The predicted octanol–water partition coefficient (Wildman–Crippen LogP) is 5.96. The van der Waals surface area contributed by atoms with Crippen molar-refractivity contribution in [1.82, 2.24) is 4.98 Å². The lowest BCUT2D eigenvalue weighted by Crippen LogP contribution is -1.94. The van der Waals surface area contributed by atoms with Crippen LogP contribution in [-0.2, 0) is 5.75 Å². The number of methoxy groups -OCH3 is 1. The Hall–Kier alpha value is -3.43. The van der Waals surface area contributed by atoms with Gasteiger partial charge in [-0.3, -0.25) is 15.1 Å². The molecule has 1 aromatic heterocycles. The number of para-hydroxylation sites is 1. The Morgan fingerprint density at radius 3 is 2.84 bits per heavy atom. The molecule has 0 amide bonds. The van der Waals surface area contributed by atoms with Gasteiger partial charge in [0.1, 0.15) is 11.5 Å². The van der Waals surface area contributed by atoms with E-state index >= 15 is 0 Å². The number of aliphatic imine (C=N–C) groups is 1. The third-order valence-corrected chi connectivity index (χ3v) is 6.68. The standard InChI is InChI=1S/C22H17N3O4S2/c1-29-20-9-7-17(25(27)28)10-15(20)13-30-22-24-18-8-6-16(11-21(18)31-22)23-12-14-4-2-3-5-19(14)26/h2-12,26H,13H2,1H3. The number of hydrogen-bond acceptors (Lipinski definition) is 8. The SMILES string of the molecule is COc1ccc([N+](=O)[O-])cc1CSc1nc2ccc(N=Cc3ccccc3O)cc2s1. The molecule has 0 aliphatic carbocycles. The monoisotopic (exact) mass is 451 g/mol. The van der Waals surface area contributed by atoms with E-state index in [2.05, 4.69) is 9.98 Å². The summed E-state index contributed by atoms with van der Waals surface area (Å²) in [7, 11) is 1.55. The fourth-order valence-corrected chi connectivity index (χ4v) is 4.99. The number of hydrogen-bond donors (Lipinski definition) is 1. The molecule has 0 fully saturated rings. The van der Waals surface area contributed by atoms with E-state index in [1.54, 1.807) is 37.6 Å². The minimum absolute atomic E-state index is 0.0349. The van der Waals surface area contributed by atoms with Gasteiger partial charge in [0.05, 0.1) is 27.9 Å². The molecular weight excluding hydrogens is 434 g/mol. The largest absolute Gasteiger partial charge is 0.507 e. The summed E-state index contributed by atoms with van der Waals surface area (Å²) in [5, 5.41) is 20.9. The van der Waals surface area contributed by atoms with E-state index in [4.69, 9.17) is 4.74 Å². The smallest absolute Gasteiger partial charge is 0.270 e. The number of nitrogens with zero attached hydrogens (tertiary/aromatic N) is 3. The molecule has 4 rings (SSSR count). The number of nitro groups is 1. The molecule has 1 N–H and O–H groups in total. The van der Waals surface area contributed by atoms with E-state index in [1.165, 1.54) is 35.2 Å². The molecule has 0 spiro atoms. The van der Waals surface area contributed by atoms with E-state index in [9.17, 15) is 15.2 Å². The summed E-state index contributed by atoms with van der Waals surface area (Å²) >= 11 is 3.03. The first-order valence-electron chi connectivity index (χ1n) is 9.20. The van der Waals surface area contributed by atoms with Crippen molar-refractivity contribution in [2.75, 3.05) is 7.11 Å². The number of phenolic OH excluding ortho intramolecular Hbond substituents is 1. The Balaban J connectivity index is 1.52. The summed E-state index contributed by atoms with van der Waals surface area (Å²) in [6.45, 7) is 0. The fraction of sp³-hybridized carbons (Fsp3) is 0.0909. The van der Waals surface area contributed by atoms with Crippen LogP contribution in [0.3, 0.4) is 0 Å². The van der Waals surface area contributed by atoms with Crippen molar-refractivity contribution in [2.24, 2.45) is 4.99 Å². The van der Waals surface area contributed by atoms with Crippen LogP contribution in [0.25, 0.3) is 10.2 Å². The summed E-state index contributed by atoms with van der Waals surface area (Å²) in [6.07, 6.45) is 1.63. The number of aromatic nitrogens is 1. The van der Waals surface area contributed by atoms with E-state index in [1.807, 2.05) is 24.3 Å². The lowest BCUT2D eigenvalue weighted by Gasteiger charge is -2.06. The number of nitro benzene ring substituents is 1. The van der Waals surface area contributed by atoms with E-state index in [0.717, 1.165) is 25.8 Å². The van der Waals surface area contributed by atoms with Crippen molar-refractivity contribution in [3.63, 3.8) is 0 Å². The minimum Gasteiger partial charge on any atom is -0.507 e. The highest BCUT2D eigenvalue weighted by atomic mass is 32.2. The first kappa shape index (κ1) is 20.8. The number of non-ortho nitro benzene ring substituents is 1. The summed E-state index contributed by atoms with van der Waals surface area (Å²) in [5.74, 6) is 1.29. The maximum absolute atomic E-state index is 11.1. The number of rotatable bonds is 7. The Morgan fingerprint density at radius 1 is 1.23 bits per heavy atom. The lowest BCUT2D eigenvalue weighted by molar-refractivity contribution is -0.384. The van der Waals surface area contributed by atoms with Crippen molar-refractivity contribution in [2.45, 2.75) is 10.1 Å². The number of aromatic hydroxyl groups is 1. The molecule has 0 unspecified atom stereocenters. The molecule has 0 bridgehead atoms. The highest BCUT2D eigenvalue weighted by Crippen LogP contribution is 2.36. The zero-order valence-corrected chi connectivity index (χ0v) is 18.0. The number of thioether (sulfide) groups is 1. The molecule has 0 radical (unpaired) electrons. The third kappa shape index (κ3) is 4.84. The molecule has 31 heavy (non-hydrogen) atoms. The van der Waals surface area contributed by atoms with Crippen LogP contribution in [0.2, 0.25) is 0 Å². The van der Waals surface area contributed by atoms with E-state index < -0.39 is 4.92 Å². The van der Waals surface area contributed by atoms with Crippen LogP contribution < -0.4 is 4.74 Å². The van der Waals surface area contributed by atoms with Crippen molar-refractivity contribution in [3.05, 3.63) is 81.9 Å². The number of fused-ring (bicyclic) bond motifs is 1. The lowest BCUT2D eigenvalue weighted by atomic mass is 10.2. The molecule has 0 saturated carbocycles. The summed E-state index contributed by atoms with van der Waals surface area (Å²) in [5.41, 5.74) is 3.05. The second-order valence-electron chi connectivity index (χ2n) is 6.49. The van der Waals surface area contributed by atoms with Gasteiger partial charge in [0.2, 0.25) is 0 Å². The molecule has 9 heteroatoms. The Bertz CT molecular complexity index is 1290. The maximum Gasteiger partial charge on any atom is 0.270 e. The second kappa shape index (κ2) is 9.15. The van der Waals surface area contributed by atoms with Crippen LogP contribution in [0.1, 0.15) is 11.1 Å². The molecule has 0 saturated heterocycles. The van der Waals surface area contributed by atoms with Crippen LogP contribution >= 0.6 is 23.1 Å². The van der Waals surface area contributed by atoms with Gasteiger partial charge in [0.15, 0.2) is 4.34 Å². The van der Waals surface area contributed by atoms with Crippen LogP contribution in [0.5, 0.6) is 11.5 Å². The molecule has 156 valence electrons. The third-order valence-electron chi connectivity index (χ3n) is 4.47. The summed E-state index contributed by atoms with van der Waals surface area (Å²) < 4.78 is 7.17. The van der Waals surface area contributed by atoms with Gasteiger partial charge < -0.3 is 9.84 Å². The first-order chi connectivity index (χ1) is 15.0. The van der Waals surface area contributed by atoms with Gasteiger partial charge in [-0.15, -0.1) is 11.3 Å². The molecule has 1 heterocycles. The number of phenols is 1. The molecule has 0 atom stereocenters. The molecule has 0 aliphatic rings. The molecule has 0 aliphatic heterocycles. The quantitative estimate of drug-likeness (QED) is 0.161. The summed E-state index contributed by atoms with van der Waals surface area (Å²) in [6, 6.07) is 17.3. The van der Waals surface area contributed by atoms with Crippen molar-refractivity contribution in [3.8, 4) is 11.5 Å². The highest BCUT2D eigenvalue weighted by molar-refractivity contribution is 8.00. The van der Waals surface area contributed by atoms with Crippen molar-refractivity contribution < 1.29 is 14.8 Å². The van der Waals surface area contributed by atoms with Crippen LogP contribution in [0, 0.1) is 10.1 Å². The zero-order chi connectivity index (χ0) is 21.8. The van der Waals surface area contributed by atoms with Crippen LogP contribution in [0.4, 0.5) is 11.4 Å². The minimum atomic E-state index is -0.414. The molecule has 3 aromatic carbocycles. The van der Waals surface area contributed by atoms with Gasteiger partial charge in [0.25, 0.3) is 5.69 Å². The first-order valence-corrected chi connectivity index (χ1v) is 11.0. The van der Waals surface area contributed by atoms with Gasteiger partial charge >= 0.3 is 0 Å². The number of benzene rings is 3. The molecule has 4 aromatic rings. The Labute approximate surface area is 186 Å². The molecule has 7 nitrogen and oxygen atoms in total. The van der Waals surface area contributed by atoms with Crippen LogP contribution in [0.15, 0.2) is 70.0 Å². The van der Waals surface area contributed by atoms with E-state index in [-0.39, 0.29) is 11.4 Å². The Kier molecular flexibility index (Phi) is 6.15. The average molecular weight is 452 g/mol. The fourth-order valence-electron chi connectivity index (χ4n) is 2.91.